The van der Waals surface area contributed by atoms with Crippen LogP contribution in [-0.2, 0) is 9.59 Å². The summed E-state index contributed by atoms with van der Waals surface area (Å²) < 4.78 is 63.9. The van der Waals surface area contributed by atoms with E-state index in [2.05, 4.69) is 11.6 Å². The van der Waals surface area contributed by atoms with Crippen LogP contribution in [0.4, 0.5) is 33.7 Å². The van der Waals surface area contributed by atoms with Crippen LogP contribution in [0.3, 0.4) is 0 Å². The highest BCUT2D eigenvalue weighted by Crippen LogP contribution is 2.37. The maximum atomic E-state index is 14.7. The van der Waals surface area contributed by atoms with Gasteiger partial charge in [0.1, 0.15) is 18.6 Å². The molecule has 9 nitrogen and oxygen atoms in total. The Labute approximate surface area is 205 Å². The monoisotopic (exact) mass is 514 g/mol. The first-order valence-electron chi connectivity index (χ1n) is 10.5. The smallest absolute Gasteiger partial charge is 0.406 e. The molecule has 196 valence electrons. The second-order valence-corrected chi connectivity index (χ2v) is 6.69. The number of halogens is 4. The molecule has 0 bridgehead atoms. The first-order chi connectivity index (χ1) is 17.0. The molecule has 0 aliphatic heterocycles. The number of carbonyl (C=O) groups excluding carboxylic acids is 3. The van der Waals surface area contributed by atoms with E-state index in [1.807, 2.05) is 13.8 Å². The summed E-state index contributed by atoms with van der Waals surface area (Å²) in [6, 6.07) is 3.03. The van der Waals surface area contributed by atoms with Crippen molar-refractivity contribution in [3.63, 3.8) is 0 Å². The van der Waals surface area contributed by atoms with Crippen molar-refractivity contribution in [1.82, 2.24) is 9.88 Å². The Bertz CT molecular complexity index is 1080. The number of alkyl halides is 3. The SMILES string of the molecule is C=CC(=O)N(C(=O)N(C)CC(F)(F)F)c1cc(Oc2cccnc2OCCC=O)c(N)cc1F.CC. The van der Waals surface area contributed by atoms with Crippen molar-refractivity contribution in [2.45, 2.75) is 26.4 Å². The minimum absolute atomic E-state index is 0.000213. The lowest BCUT2D eigenvalue weighted by Gasteiger charge is -2.27. The molecular weight excluding hydrogens is 488 g/mol. The number of urea groups is 1. The van der Waals surface area contributed by atoms with Crippen molar-refractivity contribution in [2.24, 2.45) is 0 Å². The highest BCUT2D eigenvalue weighted by atomic mass is 19.4. The number of pyridine rings is 1. The number of carbonyl (C=O) groups is 3. The highest BCUT2D eigenvalue weighted by molar-refractivity contribution is 6.18. The van der Waals surface area contributed by atoms with Crippen LogP contribution in [0.1, 0.15) is 20.3 Å². The molecule has 0 spiro atoms. The maximum Gasteiger partial charge on any atom is 0.406 e. The molecular formula is C23H26F4N4O5. The van der Waals surface area contributed by atoms with E-state index in [4.69, 9.17) is 15.2 Å². The van der Waals surface area contributed by atoms with Crippen molar-refractivity contribution >= 4 is 29.6 Å². The van der Waals surface area contributed by atoms with E-state index < -0.39 is 36.2 Å². The Morgan fingerprint density at radius 3 is 2.47 bits per heavy atom. The molecule has 0 unspecified atom stereocenters. The normalized spacial score (nSPS) is 10.4. The Hall–Kier alpha value is -4.16. The van der Waals surface area contributed by atoms with E-state index in [-0.39, 0.29) is 45.9 Å². The number of hydrogen-bond acceptors (Lipinski definition) is 7. The number of benzene rings is 1. The number of anilines is 2. The Balaban J connectivity index is 0.00000316. The molecule has 3 amide bonds. The summed E-state index contributed by atoms with van der Waals surface area (Å²) in [6.45, 7) is 5.49. The van der Waals surface area contributed by atoms with Gasteiger partial charge in [-0.2, -0.15) is 13.2 Å². The number of hydrogen-bond donors (Lipinski definition) is 1. The standard InChI is InChI=1S/C21H20F4N4O5.C2H6/c1-3-18(31)29(20(32)28(2)12-21(23,24)25)15-11-17(14(26)10-13(15)22)34-16-6-4-7-27-19(16)33-9-5-8-30;1-2/h3-4,6-8,10-11H,1,5,9,12,26H2,2H3;1-2H3. The van der Waals surface area contributed by atoms with Gasteiger partial charge in [0.15, 0.2) is 11.5 Å². The zero-order valence-electron chi connectivity index (χ0n) is 19.8. The van der Waals surface area contributed by atoms with Crippen LogP contribution in [0.25, 0.3) is 0 Å². The molecule has 0 saturated heterocycles. The van der Waals surface area contributed by atoms with E-state index in [0.717, 1.165) is 19.2 Å². The number of aromatic nitrogens is 1. The van der Waals surface area contributed by atoms with Gasteiger partial charge in [0, 0.05) is 31.8 Å². The number of nitrogen functional groups attached to an aromatic ring is 1. The zero-order chi connectivity index (χ0) is 27.5. The van der Waals surface area contributed by atoms with Crippen LogP contribution >= 0.6 is 0 Å². The van der Waals surface area contributed by atoms with E-state index in [9.17, 15) is 31.9 Å². The molecule has 2 rings (SSSR count). The topological polar surface area (TPSA) is 115 Å². The summed E-state index contributed by atoms with van der Waals surface area (Å²) in [4.78, 5) is 39.7. The largest absolute Gasteiger partial charge is 0.475 e. The lowest BCUT2D eigenvalue weighted by molar-refractivity contribution is -0.137. The molecule has 2 aromatic rings. The van der Waals surface area contributed by atoms with Crippen LogP contribution in [0, 0.1) is 5.82 Å². The van der Waals surface area contributed by atoms with Gasteiger partial charge in [0.25, 0.3) is 11.8 Å². The predicted octanol–water partition coefficient (Wildman–Crippen LogP) is 4.72. The van der Waals surface area contributed by atoms with Gasteiger partial charge in [0.2, 0.25) is 0 Å². The fraction of sp³-hybridized carbons (Fsp3) is 0.304. The van der Waals surface area contributed by atoms with Gasteiger partial charge in [-0.05, 0) is 18.2 Å². The van der Waals surface area contributed by atoms with Crippen molar-refractivity contribution in [1.29, 1.82) is 0 Å². The van der Waals surface area contributed by atoms with E-state index in [0.29, 0.717) is 12.4 Å². The molecule has 1 aromatic heterocycles. The molecule has 1 aromatic carbocycles. The van der Waals surface area contributed by atoms with Gasteiger partial charge < -0.3 is 24.9 Å². The molecule has 0 atom stereocenters. The van der Waals surface area contributed by atoms with Crippen LogP contribution in [0.2, 0.25) is 0 Å². The lowest BCUT2D eigenvalue weighted by Crippen LogP contribution is -2.47. The molecule has 0 saturated carbocycles. The molecule has 0 aliphatic carbocycles. The molecule has 1 heterocycles. The second-order valence-electron chi connectivity index (χ2n) is 6.69. The van der Waals surface area contributed by atoms with Gasteiger partial charge in [-0.1, -0.05) is 20.4 Å². The Morgan fingerprint density at radius 1 is 1.22 bits per heavy atom. The number of rotatable bonds is 9. The van der Waals surface area contributed by atoms with Gasteiger partial charge >= 0.3 is 12.2 Å². The molecule has 36 heavy (non-hydrogen) atoms. The number of aldehydes is 1. The van der Waals surface area contributed by atoms with Crippen molar-refractivity contribution in [2.75, 3.05) is 30.8 Å². The summed E-state index contributed by atoms with van der Waals surface area (Å²) in [5, 5.41) is 0. The highest BCUT2D eigenvalue weighted by Gasteiger charge is 2.35. The van der Waals surface area contributed by atoms with Gasteiger partial charge in [-0.15, -0.1) is 0 Å². The van der Waals surface area contributed by atoms with E-state index in [1.165, 1.54) is 18.3 Å². The average Bonchev–Trinajstić information content (AvgIpc) is 2.83. The number of amides is 3. The van der Waals surface area contributed by atoms with Crippen molar-refractivity contribution < 1.29 is 41.4 Å². The van der Waals surface area contributed by atoms with Gasteiger partial charge in [-0.3, -0.25) is 4.79 Å². The average molecular weight is 514 g/mol. The quantitative estimate of drug-likeness (QED) is 0.169. The first-order valence-corrected chi connectivity index (χ1v) is 10.5. The summed E-state index contributed by atoms with van der Waals surface area (Å²) in [6.07, 6.45) is -2.05. The third-order valence-electron chi connectivity index (χ3n) is 4.08. The van der Waals surface area contributed by atoms with Crippen molar-refractivity contribution in [3.8, 4) is 17.4 Å². The molecule has 0 aliphatic rings. The minimum atomic E-state index is -4.76. The molecule has 0 radical (unpaired) electrons. The van der Waals surface area contributed by atoms with Crippen LogP contribution < -0.4 is 20.1 Å². The third kappa shape index (κ3) is 8.25. The second kappa shape index (κ2) is 13.7. The summed E-state index contributed by atoms with van der Waals surface area (Å²) in [7, 11) is 0.796. The minimum Gasteiger partial charge on any atom is -0.475 e. The molecule has 13 heteroatoms. The van der Waals surface area contributed by atoms with Crippen molar-refractivity contribution in [3.05, 3.63) is 48.9 Å². The molecule has 2 N–H and O–H groups in total. The number of nitrogens with two attached hydrogens (primary N) is 1. The zero-order valence-corrected chi connectivity index (χ0v) is 19.8. The van der Waals surface area contributed by atoms with E-state index >= 15 is 0 Å². The van der Waals surface area contributed by atoms with Crippen LogP contribution in [-0.4, -0.2) is 54.5 Å². The van der Waals surface area contributed by atoms with E-state index in [1.54, 1.807) is 0 Å². The fourth-order valence-electron chi connectivity index (χ4n) is 2.62. The van der Waals surface area contributed by atoms with Crippen LogP contribution in [0.5, 0.6) is 17.4 Å². The predicted molar refractivity (Wildman–Crippen MR) is 124 cm³/mol. The summed E-state index contributed by atoms with van der Waals surface area (Å²) >= 11 is 0. The maximum absolute atomic E-state index is 14.7. The molecule has 0 fully saturated rings. The van der Waals surface area contributed by atoms with Gasteiger partial charge in [0.05, 0.1) is 18.0 Å². The lowest BCUT2D eigenvalue weighted by atomic mass is 10.2. The summed E-state index contributed by atoms with van der Waals surface area (Å²) in [5.41, 5.74) is 4.82. The number of ether oxygens (including phenoxy) is 2. The Kier molecular flexibility index (Phi) is 11.3. The van der Waals surface area contributed by atoms with Gasteiger partial charge in [-0.25, -0.2) is 19.1 Å². The fourth-order valence-corrected chi connectivity index (χ4v) is 2.62. The number of imide groups is 1. The Morgan fingerprint density at radius 2 is 1.89 bits per heavy atom. The first kappa shape index (κ1) is 29.9. The number of nitrogens with zero attached hydrogens (tertiary/aromatic N) is 3. The van der Waals surface area contributed by atoms with Crippen LogP contribution in [0.15, 0.2) is 43.1 Å². The summed E-state index contributed by atoms with van der Waals surface area (Å²) in [5.74, 6) is -2.65. The third-order valence-corrected chi connectivity index (χ3v) is 4.08.